The van der Waals surface area contributed by atoms with Crippen LogP contribution in [0.5, 0.6) is 0 Å². The number of hydrogen-bond acceptors (Lipinski definition) is 5. The summed E-state index contributed by atoms with van der Waals surface area (Å²) in [5.41, 5.74) is 4.11. The molecule has 148 valence electrons. The van der Waals surface area contributed by atoms with Crippen molar-refractivity contribution in [2.24, 2.45) is 0 Å². The molecule has 0 N–H and O–H groups in total. The van der Waals surface area contributed by atoms with Crippen molar-refractivity contribution in [2.45, 2.75) is 34.1 Å². The lowest BCUT2D eigenvalue weighted by Gasteiger charge is -2.32. The topological polar surface area (TPSA) is 66.9 Å². The smallest absolute Gasteiger partial charge is 0.340 e. The fourth-order valence-electron chi connectivity index (χ4n) is 4.16. The van der Waals surface area contributed by atoms with E-state index in [1.807, 2.05) is 45.7 Å². The third kappa shape index (κ3) is 2.92. The number of benzene rings is 1. The van der Waals surface area contributed by atoms with E-state index < -0.39 is 5.63 Å². The maximum atomic E-state index is 12.8. The van der Waals surface area contributed by atoms with Crippen molar-refractivity contribution in [3.63, 3.8) is 0 Å². The summed E-state index contributed by atoms with van der Waals surface area (Å²) in [5.74, 6) is 0.823. The van der Waals surface area contributed by atoms with Gasteiger partial charge in [0, 0.05) is 31.6 Å². The molecular formula is C22H26N2O4. The summed E-state index contributed by atoms with van der Waals surface area (Å²) in [5, 5.41) is 1.84. The van der Waals surface area contributed by atoms with E-state index in [-0.39, 0.29) is 12.3 Å². The monoisotopic (exact) mass is 382 g/mol. The van der Waals surface area contributed by atoms with E-state index >= 15 is 0 Å². The number of fused-ring (bicyclic) bond motifs is 3. The van der Waals surface area contributed by atoms with E-state index in [1.165, 1.54) is 0 Å². The first kappa shape index (κ1) is 18.7. The third-order valence-electron chi connectivity index (χ3n) is 6.06. The predicted molar refractivity (Wildman–Crippen MR) is 109 cm³/mol. The second-order valence-corrected chi connectivity index (χ2v) is 7.91. The lowest BCUT2D eigenvalue weighted by molar-refractivity contribution is -0.132. The molecule has 3 aromatic rings. The Kier molecular flexibility index (Phi) is 4.54. The van der Waals surface area contributed by atoms with Gasteiger partial charge in [-0.3, -0.25) is 4.79 Å². The Morgan fingerprint density at radius 1 is 1.00 bits per heavy atom. The molecule has 0 spiro atoms. The van der Waals surface area contributed by atoms with Crippen molar-refractivity contribution >= 4 is 27.8 Å². The second-order valence-electron chi connectivity index (χ2n) is 7.91. The molecule has 4 rings (SSSR count). The lowest BCUT2D eigenvalue weighted by Crippen LogP contribution is -2.47. The number of hydrogen-bond donors (Lipinski definition) is 0. The third-order valence-corrected chi connectivity index (χ3v) is 6.06. The first-order valence-electron chi connectivity index (χ1n) is 9.69. The molecule has 0 unspecified atom stereocenters. The number of likely N-dealkylation sites (N-methyl/N-ethyl adjacent to an activating group) is 1. The van der Waals surface area contributed by atoms with Crippen molar-refractivity contribution in [3.05, 3.63) is 44.5 Å². The quantitative estimate of drug-likeness (QED) is 0.637. The van der Waals surface area contributed by atoms with Crippen LogP contribution in [0.2, 0.25) is 0 Å². The maximum absolute atomic E-state index is 12.8. The molecule has 0 atom stereocenters. The highest BCUT2D eigenvalue weighted by molar-refractivity contribution is 6.07. The van der Waals surface area contributed by atoms with E-state index in [1.54, 1.807) is 0 Å². The van der Waals surface area contributed by atoms with Crippen LogP contribution in [0.1, 0.15) is 28.0 Å². The summed E-state index contributed by atoms with van der Waals surface area (Å²) < 4.78 is 11.7. The largest absolute Gasteiger partial charge is 0.460 e. The molecular weight excluding hydrogens is 356 g/mol. The van der Waals surface area contributed by atoms with Crippen LogP contribution < -0.4 is 5.63 Å². The van der Waals surface area contributed by atoms with E-state index in [9.17, 15) is 9.59 Å². The maximum Gasteiger partial charge on any atom is 0.340 e. The zero-order valence-corrected chi connectivity index (χ0v) is 17.1. The number of piperazine rings is 1. The Balaban J connectivity index is 1.82. The van der Waals surface area contributed by atoms with Gasteiger partial charge in [-0.15, -0.1) is 0 Å². The van der Waals surface area contributed by atoms with Gasteiger partial charge in [-0.1, -0.05) is 0 Å². The molecule has 1 amide bonds. The number of rotatable bonds is 2. The first-order valence-corrected chi connectivity index (χ1v) is 9.69. The SMILES string of the molecule is Cc1oc2c(c(C)cc3oc(=O)c(CC(=O)N4CCN(C)CC4)c(C)c32)c1C. The summed E-state index contributed by atoms with van der Waals surface area (Å²) in [6.07, 6.45) is 0.0574. The molecule has 1 aromatic carbocycles. The number of carbonyl (C=O) groups excluding carboxylic acids is 1. The zero-order valence-electron chi connectivity index (χ0n) is 17.1. The molecule has 6 heteroatoms. The van der Waals surface area contributed by atoms with Crippen LogP contribution in [0.4, 0.5) is 0 Å². The van der Waals surface area contributed by atoms with Gasteiger partial charge in [0.15, 0.2) is 0 Å². The number of furan rings is 1. The second kappa shape index (κ2) is 6.78. The van der Waals surface area contributed by atoms with Crippen molar-refractivity contribution in [1.29, 1.82) is 0 Å². The van der Waals surface area contributed by atoms with Gasteiger partial charge in [-0.05, 0) is 57.5 Å². The lowest BCUT2D eigenvalue weighted by atomic mass is 9.98. The molecule has 1 fully saturated rings. The van der Waals surface area contributed by atoms with E-state index in [0.717, 1.165) is 51.9 Å². The zero-order chi connectivity index (χ0) is 20.2. The van der Waals surface area contributed by atoms with Crippen LogP contribution in [-0.4, -0.2) is 48.9 Å². The standard InChI is InChI=1S/C22H26N2O4/c1-12-10-17-20(21-19(12)13(2)15(4)27-21)14(3)16(22(26)28-17)11-18(25)24-8-6-23(5)7-9-24/h10H,6-9,11H2,1-5H3. The van der Waals surface area contributed by atoms with Crippen LogP contribution in [-0.2, 0) is 11.2 Å². The van der Waals surface area contributed by atoms with Crippen LogP contribution >= 0.6 is 0 Å². The molecule has 1 saturated heterocycles. The van der Waals surface area contributed by atoms with E-state index in [0.29, 0.717) is 24.2 Å². The number of aryl methyl sites for hydroxylation is 4. The molecule has 0 aliphatic carbocycles. The average molecular weight is 382 g/mol. The molecule has 0 radical (unpaired) electrons. The van der Waals surface area contributed by atoms with Crippen molar-refractivity contribution in [2.75, 3.05) is 33.2 Å². The molecule has 2 aromatic heterocycles. The summed E-state index contributed by atoms with van der Waals surface area (Å²) in [4.78, 5) is 29.5. The Morgan fingerprint density at radius 3 is 2.36 bits per heavy atom. The summed E-state index contributed by atoms with van der Waals surface area (Å²) in [6, 6.07) is 1.89. The Hall–Kier alpha value is -2.60. The predicted octanol–water partition coefficient (Wildman–Crippen LogP) is 3.09. The van der Waals surface area contributed by atoms with Gasteiger partial charge >= 0.3 is 5.63 Å². The van der Waals surface area contributed by atoms with Gasteiger partial charge in [0.2, 0.25) is 5.91 Å². The van der Waals surface area contributed by atoms with Crippen LogP contribution in [0, 0.1) is 27.7 Å². The van der Waals surface area contributed by atoms with Gasteiger partial charge in [0.1, 0.15) is 16.9 Å². The highest BCUT2D eigenvalue weighted by Gasteiger charge is 2.24. The highest BCUT2D eigenvalue weighted by atomic mass is 16.4. The Labute approximate surface area is 163 Å². The molecule has 0 saturated carbocycles. The van der Waals surface area contributed by atoms with Gasteiger partial charge < -0.3 is 18.6 Å². The van der Waals surface area contributed by atoms with Gasteiger partial charge in [-0.2, -0.15) is 0 Å². The fraction of sp³-hybridized carbons (Fsp3) is 0.455. The highest BCUT2D eigenvalue weighted by Crippen LogP contribution is 2.36. The number of nitrogens with zero attached hydrogens (tertiary/aromatic N) is 2. The average Bonchev–Trinajstić information content (AvgIpc) is 2.94. The van der Waals surface area contributed by atoms with Crippen LogP contribution in [0.25, 0.3) is 21.9 Å². The molecule has 3 heterocycles. The molecule has 6 nitrogen and oxygen atoms in total. The minimum Gasteiger partial charge on any atom is -0.460 e. The van der Waals surface area contributed by atoms with Crippen molar-refractivity contribution in [3.8, 4) is 0 Å². The van der Waals surface area contributed by atoms with Crippen LogP contribution in [0.15, 0.2) is 19.7 Å². The van der Waals surface area contributed by atoms with Crippen molar-refractivity contribution < 1.29 is 13.6 Å². The Morgan fingerprint density at radius 2 is 1.68 bits per heavy atom. The summed E-state index contributed by atoms with van der Waals surface area (Å²) >= 11 is 0. The molecule has 28 heavy (non-hydrogen) atoms. The summed E-state index contributed by atoms with van der Waals surface area (Å²) in [7, 11) is 2.05. The molecule has 1 aliphatic heterocycles. The van der Waals surface area contributed by atoms with Gasteiger partial charge in [-0.25, -0.2) is 4.79 Å². The van der Waals surface area contributed by atoms with Gasteiger partial charge in [0.05, 0.1) is 17.4 Å². The van der Waals surface area contributed by atoms with Crippen LogP contribution in [0.3, 0.4) is 0 Å². The minimum absolute atomic E-state index is 0.0296. The van der Waals surface area contributed by atoms with Crippen molar-refractivity contribution in [1.82, 2.24) is 9.80 Å². The summed E-state index contributed by atoms with van der Waals surface area (Å²) in [6.45, 7) is 10.9. The first-order chi connectivity index (χ1) is 13.3. The molecule has 0 bridgehead atoms. The number of amides is 1. The normalized spacial score (nSPS) is 15.7. The van der Waals surface area contributed by atoms with Gasteiger partial charge in [0.25, 0.3) is 0 Å². The Bertz CT molecular complexity index is 1150. The van der Waals surface area contributed by atoms with E-state index in [4.69, 9.17) is 8.83 Å². The fourth-order valence-corrected chi connectivity index (χ4v) is 4.16. The number of carbonyl (C=O) groups is 1. The minimum atomic E-state index is -0.439. The molecule has 1 aliphatic rings. The van der Waals surface area contributed by atoms with E-state index in [2.05, 4.69) is 4.90 Å².